The molecule has 30 heavy (non-hydrogen) atoms. The van der Waals surface area contributed by atoms with E-state index < -0.39 is 22.5 Å². The number of hydrogen-bond acceptors (Lipinski definition) is 3. The van der Waals surface area contributed by atoms with Crippen molar-refractivity contribution in [1.29, 1.82) is 0 Å². The predicted molar refractivity (Wildman–Crippen MR) is 114 cm³/mol. The Balaban J connectivity index is 0.000000461. The van der Waals surface area contributed by atoms with E-state index in [2.05, 4.69) is 43.8 Å². The van der Waals surface area contributed by atoms with Crippen LogP contribution in [0.1, 0.15) is 5.56 Å². The molecule has 0 atom stereocenters. The first kappa shape index (κ1) is 23.0. The number of nitrogens with zero attached hydrogens (tertiary/aromatic N) is 2. The number of hydrogen-bond donors (Lipinski definition) is 1. The molecule has 0 bridgehead atoms. The van der Waals surface area contributed by atoms with Crippen LogP contribution in [0.5, 0.6) is 0 Å². The summed E-state index contributed by atoms with van der Waals surface area (Å²) in [5.41, 5.74) is -0.390. The van der Waals surface area contributed by atoms with E-state index in [0.717, 1.165) is 16.8 Å². The normalized spacial score (nSPS) is 12.1. The van der Waals surface area contributed by atoms with Crippen LogP contribution in [0.4, 0.5) is 13.2 Å². The van der Waals surface area contributed by atoms with Gasteiger partial charge in [-0.15, -0.1) is 0 Å². The van der Waals surface area contributed by atoms with Crippen molar-refractivity contribution < 1.29 is 17.7 Å². The van der Waals surface area contributed by atoms with Crippen LogP contribution in [0.15, 0.2) is 53.3 Å². The topological polar surface area (TPSA) is 67.8 Å². The smallest absolute Gasteiger partial charge is 0.288 e. The number of halogens is 7. The van der Waals surface area contributed by atoms with Crippen molar-refractivity contribution in [3.8, 4) is 5.69 Å². The molecule has 0 aliphatic rings. The number of aromatic amines is 1. The summed E-state index contributed by atoms with van der Waals surface area (Å²) >= 11 is 20.0. The zero-order chi connectivity index (χ0) is 22.3. The van der Waals surface area contributed by atoms with E-state index in [9.17, 15) is 22.5 Å². The number of fused-ring (bicyclic) bond motifs is 3. The SMILES string of the molecule is O=P(Cl)(Cl)Cl.O=c1c2nc(Cl)c3ccccc3c2[nH]n1-c1ccc(C(F)(F)F)cc1. The lowest BCUT2D eigenvalue weighted by atomic mass is 10.1. The van der Waals surface area contributed by atoms with Gasteiger partial charge in [-0.3, -0.25) is 14.5 Å². The van der Waals surface area contributed by atoms with Crippen LogP contribution in [0.25, 0.3) is 27.5 Å². The zero-order valence-electron chi connectivity index (χ0n) is 14.4. The minimum Gasteiger partial charge on any atom is -0.288 e. The van der Waals surface area contributed by atoms with Crippen molar-refractivity contribution in [2.24, 2.45) is 0 Å². The Labute approximate surface area is 186 Å². The van der Waals surface area contributed by atoms with Gasteiger partial charge >= 0.3 is 11.4 Å². The summed E-state index contributed by atoms with van der Waals surface area (Å²) < 4.78 is 48.7. The van der Waals surface area contributed by atoms with Gasteiger partial charge in [0.25, 0.3) is 5.56 Å². The van der Waals surface area contributed by atoms with Crippen LogP contribution in [-0.2, 0) is 10.7 Å². The molecule has 0 fully saturated rings. The van der Waals surface area contributed by atoms with Gasteiger partial charge in [0.05, 0.1) is 16.8 Å². The second-order valence-electron chi connectivity index (χ2n) is 5.87. The molecule has 2 aromatic heterocycles. The zero-order valence-corrected chi connectivity index (χ0v) is 18.3. The van der Waals surface area contributed by atoms with Crippen molar-refractivity contribution in [1.82, 2.24) is 14.8 Å². The minimum absolute atomic E-state index is 0.128. The molecule has 0 aliphatic heterocycles. The first-order valence-electron chi connectivity index (χ1n) is 7.92. The van der Waals surface area contributed by atoms with E-state index in [1.807, 2.05) is 0 Å². The summed E-state index contributed by atoms with van der Waals surface area (Å²) in [6.45, 7) is 0. The van der Waals surface area contributed by atoms with Gasteiger partial charge in [0.15, 0.2) is 5.52 Å². The van der Waals surface area contributed by atoms with Gasteiger partial charge in [-0.1, -0.05) is 35.9 Å². The van der Waals surface area contributed by atoms with Crippen LogP contribution >= 0.6 is 50.5 Å². The second-order valence-corrected chi connectivity index (χ2v) is 12.9. The molecule has 0 saturated carbocycles. The molecule has 13 heteroatoms. The van der Waals surface area contributed by atoms with Gasteiger partial charge < -0.3 is 0 Å². The van der Waals surface area contributed by atoms with Crippen molar-refractivity contribution in [2.75, 3.05) is 0 Å². The van der Waals surface area contributed by atoms with Gasteiger partial charge in [0.1, 0.15) is 5.15 Å². The molecule has 1 N–H and O–H groups in total. The van der Waals surface area contributed by atoms with Gasteiger partial charge in [-0.2, -0.15) is 13.2 Å². The third kappa shape index (κ3) is 5.13. The van der Waals surface area contributed by atoms with E-state index in [1.165, 1.54) is 12.1 Å². The molecule has 158 valence electrons. The third-order valence-electron chi connectivity index (χ3n) is 3.95. The summed E-state index contributed by atoms with van der Waals surface area (Å²) in [7, 11) is 0. The molecule has 5 nitrogen and oxygen atoms in total. The number of H-pyrrole nitrogens is 1. The standard InChI is InChI=1S/C17H9ClF3N3O.Cl3OP/c18-15-12-4-2-1-3-11(12)13-14(22-15)16(25)24(23-13)10-7-5-9(6-8-10)17(19,20)21;1-5(2,3)4/h1-8,23H;. The van der Waals surface area contributed by atoms with Crippen LogP contribution in [0, 0.1) is 0 Å². The lowest BCUT2D eigenvalue weighted by molar-refractivity contribution is -0.137. The maximum absolute atomic E-state index is 12.7. The fraction of sp³-hybridized carbons (Fsp3) is 0.0588. The summed E-state index contributed by atoms with van der Waals surface area (Å²) in [6, 6.07) is 11.5. The number of rotatable bonds is 1. The second kappa shape index (κ2) is 8.44. The minimum atomic E-state index is -4.44. The van der Waals surface area contributed by atoms with E-state index in [4.69, 9.17) is 11.6 Å². The highest BCUT2D eigenvalue weighted by Crippen LogP contribution is 2.61. The number of aromatic nitrogens is 3. The molecule has 2 aromatic carbocycles. The fourth-order valence-electron chi connectivity index (χ4n) is 2.74. The molecule has 0 saturated heterocycles. The lowest BCUT2D eigenvalue weighted by Crippen LogP contribution is -2.15. The van der Waals surface area contributed by atoms with Crippen LogP contribution < -0.4 is 5.56 Å². The van der Waals surface area contributed by atoms with Gasteiger partial charge in [0, 0.05) is 10.8 Å². The molecule has 2 heterocycles. The first-order chi connectivity index (χ1) is 13.9. The fourth-order valence-corrected chi connectivity index (χ4v) is 2.99. The largest absolute Gasteiger partial charge is 0.416 e. The number of benzene rings is 2. The van der Waals surface area contributed by atoms with Crippen molar-refractivity contribution in [3.63, 3.8) is 0 Å². The van der Waals surface area contributed by atoms with Crippen LogP contribution in [0.3, 0.4) is 0 Å². The van der Waals surface area contributed by atoms with E-state index in [-0.39, 0.29) is 16.4 Å². The molecule has 0 amide bonds. The maximum Gasteiger partial charge on any atom is 0.416 e. The van der Waals surface area contributed by atoms with E-state index in [0.29, 0.717) is 16.3 Å². The Kier molecular flexibility index (Phi) is 6.46. The lowest BCUT2D eigenvalue weighted by Gasteiger charge is -2.07. The molecular formula is C17H9Cl4F3N3O2P. The average Bonchev–Trinajstić information content (AvgIpc) is 2.97. The number of pyridine rings is 1. The Hall–Kier alpha value is -1.70. The predicted octanol–water partition coefficient (Wildman–Crippen LogP) is 7.35. The van der Waals surface area contributed by atoms with Gasteiger partial charge in [-0.25, -0.2) is 9.67 Å². The molecule has 4 rings (SSSR count). The molecular weight excluding hydrogens is 508 g/mol. The average molecular weight is 517 g/mol. The van der Waals surface area contributed by atoms with Crippen molar-refractivity contribution in [2.45, 2.75) is 6.18 Å². The van der Waals surface area contributed by atoms with Crippen LogP contribution in [-0.4, -0.2) is 14.8 Å². The molecule has 0 aliphatic carbocycles. The summed E-state index contributed by atoms with van der Waals surface area (Å²) in [4.78, 5) is 16.7. The number of alkyl halides is 3. The summed E-state index contributed by atoms with van der Waals surface area (Å²) in [5.74, 6) is 0. The quantitative estimate of drug-likeness (QED) is 0.212. The maximum atomic E-state index is 12.7. The van der Waals surface area contributed by atoms with E-state index in [1.54, 1.807) is 24.3 Å². The highest BCUT2D eigenvalue weighted by atomic mass is 36.0. The molecule has 0 radical (unpaired) electrons. The molecule has 0 unspecified atom stereocenters. The Morgan fingerprint density at radius 3 is 2.03 bits per heavy atom. The van der Waals surface area contributed by atoms with E-state index >= 15 is 0 Å². The summed E-state index contributed by atoms with van der Waals surface area (Å²) in [6.07, 6.45) is -4.44. The highest BCUT2D eigenvalue weighted by Gasteiger charge is 2.30. The monoisotopic (exact) mass is 515 g/mol. The third-order valence-corrected chi connectivity index (χ3v) is 4.24. The molecule has 4 aromatic rings. The number of nitrogens with one attached hydrogen (secondary N) is 1. The highest BCUT2D eigenvalue weighted by molar-refractivity contribution is 8.24. The van der Waals surface area contributed by atoms with Crippen molar-refractivity contribution in [3.05, 3.63) is 69.6 Å². The van der Waals surface area contributed by atoms with Gasteiger partial charge in [-0.05, 0) is 58.0 Å². The Bertz CT molecular complexity index is 1320. The summed E-state index contributed by atoms with van der Waals surface area (Å²) in [5, 5.41) is 1.27. The Morgan fingerprint density at radius 2 is 1.50 bits per heavy atom. The first-order valence-corrected chi connectivity index (χ1v) is 12.7. The van der Waals surface area contributed by atoms with Crippen LogP contribution in [0.2, 0.25) is 5.15 Å². The molecule has 0 spiro atoms. The van der Waals surface area contributed by atoms with Crippen molar-refractivity contribution >= 4 is 72.3 Å². The Morgan fingerprint density at radius 1 is 0.967 bits per heavy atom. The van der Waals surface area contributed by atoms with Gasteiger partial charge in [0.2, 0.25) is 0 Å².